The molecule has 0 saturated heterocycles. The van der Waals surface area contributed by atoms with Gasteiger partial charge in [0.25, 0.3) is 0 Å². The maximum Gasteiger partial charge on any atom is 0.156 e. The van der Waals surface area contributed by atoms with Crippen molar-refractivity contribution >= 4 is 21.7 Å². The Hall–Kier alpha value is -0.960. The minimum atomic E-state index is -0.221. The van der Waals surface area contributed by atoms with Crippen LogP contribution in [0.1, 0.15) is 32.3 Å². The molecule has 18 heavy (non-hydrogen) atoms. The zero-order chi connectivity index (χ0) is 13.3. The van der Waals surface area contributed by atoms with E-state index in [9.17, 15) is 9.18 Å². The van der Waals surface area contributed by atoms with Gasteiger partial charge in [-0.3, -0.25) is 4.79 Å². The Balaban J connectivity index is 2.21. The molecule has 0 saturated carbocycles. The van der Waals surface area contributed by atoms with E-state index >= 15 is 0 Å². The first kappa shape index (κ1) is 13.5. The van der Waals surface area contributed by atoms with E-state index in [4.69, 9.17) is 0 Å². The van der Waals surface area contributed by atoms with E-state index in [2.05, 4.69) is 29.8 Å². The largest absolute Gasteiger partial charge is 0.295 e. The molecule has 0 radical (unpaired) electrons. The zero-order valence-electron chi connectivity index (χ0n) is 10.6. The monoisotopic (exact) mass is 310 g/mol. The predicted molar refractivity (Wildman–Crippen MR) is 73.9 cm³/mol. The van der Waals surface area contributed by atoms with Gasteiger partial charge in [-0.1, -0.05) is 41.4 Å². The number of benzene rings is 1. The number of rotatable bonds is 2. The minimum Gasteiger partial charge on any atom is -0.295 e. The maximum absolute atomic E-state index is 13.8. The Kier molecular flexibility index (Phi) is 3.71. The second-order valence-electron chi connectivity index (χ2n) is 5.70. The van der Waals surface area contributed by atoms with Crippen molar-refractivity contribution in [2.75, 3.05) is 0 Å². The number of ketones is 1. The fourth-order valence-electron chi connectivity index (χ4n) is 2.50. The summed E-state index contributed by atoms with van der Waals surface area (Å²) in [6.07, 6.45) is 3.65. The number of hydrogen-bond donors (Lipinski definition) is 0. The van der Waals surface area contributed by atoms with E-state index < -0.39 is 0 Å². The molecule has 0 bridgehead atoms. The Morgan fingerprint density at radius 2 is 2.06 bits per heavy atom. The second-order valence-corrected chi connectivity index (χ2v) is 6.61. The fourth-order valence-corrected chi connectivity index (χ4v) is 2.83. The summed E-state index contributed by atoms with van der Waals surface area (Å²) in [6, 6.07) is 5.06. The van der Waals surface area contributed by atoms with Crippen LogP contribution in [-0.4, -0.2) is 5.78 Å². The van der Waals surface area contributed by atoms with Crippen LogP contribution >= 0.6 is 15.9 Å². The molecule has 0 aromatic heterocycles. The van der Waals surface area contributed by atoms with E-state index in [0.29, 0.717) is 18.4 Å². The lowest BCUT2D eigenvalue weighted by Crippen LogP contribution is -2.22. The highest BCUT2D eigenvalue weighted by atomic mass is 79.9. The molecule has 1 aliphatic carbocycles. The Labute approximate surface area is 115 Å². The molecule has 1 nitrogen and oxygen atoms in total. The van der Waals surface area contributed by atoms with Crippen molar-refractivity contribution in [1.29, 1.82) is 0 Å². The standard InChI is InChI=1S/C15H16BrFO/c1-15(2)8-10(6-13(18)9-15)5-11-3-4-12(16)7-14(11)17/h3-4,6-7H,5,8-9H2,1-2H3. The molecule has 3 heteroatoms. The summed E-state index contributed by atoms with van der Waals surface area (Å²) < 4.78 is 14.5. The van der Waals surface area contributed by atoms with Crippen LogP contribution in [-0.2, 0) is 11.2 Å². The molecular formula is C15H16BrFO. The first-order valence-electron chi connectivity index (χ1n) is 6.02. The number of carbonyl (C=O) groups excluding carboxylic acids is 1. The number of carbonyl (C=O) groups is 1. The second kappa shape index (κ2) is 4.96. The molecule has 1 aliphatic rings. The van der Waals surface area contributed by atoms with Crippen LogP contribution in [0.5, 0.6) is 0 Å². The van der Waals surface area contributed by atoms with E-state index in [1.165, 1.54) is 6.07 Å². The summed E-state index contributed by atoms with van der Waals surface area (Å²) >= 11 is 3.24. The van der Waals surface area contributed by atoms with E-state index in [1.54, 1.807) is 12.1 Å². The first-order chi connectivity index (χ1) is 8.35. The number of halogens is 2. The van der Waals surface area contributed by atoms with Gasteiger partial charge < -0.3 is 0 Å². The molecule has 1 aromatic carbocycles. The van der Waals surface area contributed by atoms with Crippen molar-refractivity contribution in [2.45, 2.75) is 33.1 Å². The van der Waals surface area contributed by atoms with E-state index in [-0.39, 0.29) is 17.0 Å². The molecule has 0 aliphatic heterocycles. The van der Waals surface area contributed by atoms with Crippen LogP contribution in [0, 0.1) is 11.2 Å². The van der Waals surface area contributed by atoms with Gasteiger partial charge in [-0.2, -0.15) is 0 Å². The van der Waals surface area contributed by atoms with Gasteiger partial charge in [0.05, 0.1) is 0 Å². The molecule has 0 fully saturated rings. The van der Waals surface area contributed by atoms with E-state index in [0.717, 1.165) is 16.5 Å². The quantitative estimate of drug-likeness (QED) is 0.789. The van der Waals surface area contributed by atoms with Crippen LogP contribution in [0.15, 0.2) is 34.3 Å². The number of allylic oxidation sites excluding steroid dienone is 2. The normalized spacial score (nSPS) is 18.7. The third-order valence-corrected chi connectivity index (χ3v) is 3.65. The number of hydrogen-bond acceptors (Lipinski definition) is 1. The van der Waals surface area contributed by atoms with Crippen molar-refractivity contribution in [3.63, 3.8) is 0 Å². The van der Waals surface area contributed by atoms with Crippen molar-refractivity contribution in [3.05, 3.63) is 45.7 Å². The van der Waals surface area contributed by atoms with Crippen LogP contribution in [0.3, 0.4) is 0 Å². The molecule has 1 aromatic rings. The van der Waals surface area contributed by atoms with Crippen molar-refractivity contribution in [1.82, 2.24) is 0 Å². The van der Waals surface area contributed by atoms with Gasteiger partial charge in [0.2, 0.25) is 0 Å². The molecule has 0 N–H and O–H groups in total. The first-order valence-corrected chi connectivity index (χ1v) is 6.81. The predicted octanol–water partition coefficient (Wildman–Crippen LogP) is 4.45. The van der Waals surface area contributed by atoms with Gasteiger partial charge in [0.1, 0.15) is 5.82 Å². The SMILES string of the molecule is CC1(C)CC(=O)C=C(Cc2ccc(Br)cc2F)C1. The third-order valence-electron chi connectivity index (χ3n) is 3.16. The zero-order valence-corrected chi connectivity index (χ0v) is 12.2. The Morgan fingerprint density at radius 3 is 2.67 bits per heavy atom. The summed E-state index contributed by atoms with van der Waals surface area (Å²) in [5, 5.41) is 0. The molecule has 0 unspecified atom stereocenters. The highest BCUT2D eigenvalue weighted by molar-refractivity contribution is 9.10. The van der Waals surface area contributed by atoms with Gasteiger partial charge in [-0.05, 0) is 42.0 Å². The topological polar surface area (TPSA) is 17.1 Å². The lowest BCUT2D eigenvalue weighted by atomic mass is 9.75. The van der Waals surface area contributed by atoms with Gasteiger partial charge in [-0.25, -0.2) is 4.39 Å². The molecule has 2 rings (SSSR count). The average molecular weight is 311 g/mol. The highest BCUT2D eigenvalue weighted by Crippen LogP contribution is 2.35. The highest BCUT2D eigenvalue weighted by Gasteiger charge is 2.27. The summed E-state index contributed by atoms with van der Waals surface area (Å²) in [6.45, 7) is 4.16. The van der Waals surface area contributed by atoms with Crippen LogP contribution in [0.4, 0.5) is 4.39 Å². The Morgan fingerprint density at radius 1 is 1.33 bits per heavy atom. The Bertz CT molecular complexity index is 517. The molecule has 0 heterocycles. The third kappa shape index (κ3) is 3.29. The van der Waals surface area contributed by atoms with Gasteiger partial charge >= 0.3 is 0 Å². The fraction of sp³-hybridized carbons (Fsp3) is 0.400. The van der Waals surface area contributed by atoms with Gasteiger partial charge in [0, 0.05) is 10.9 Å². The minimum absolute atomic E-state index is 0.00694. The summed E-state index contributed by atoms with van der Waals surface area (Å²) in [4.78, 5) is 11.6. The van der Waals surface area contributed by atoms with Crippen LogP contribution in [0.25, 0.3) is 0 Å². The van der Waals surface area contributed by atoms with Crippen molar-refractivity contribution in [3.8, 4) is 0 Å². The van der Waals surface area contributed by atoms with Gasteiger partial charge in [-0.15, -0.1) is 0 Å². The summed E-state index contributed by atoms with van der Waals surface area (Å²) in [7, 11) is 0. The van der Waals surface area contributed by atoms with Crippen molar-refractivity contribution in [2.24, 2.45) is 5.41 Å². The molecule has 0 amide bonds. The lowest BCUT2D eigenvalue weighted by Gasteiger charge is -2.29. The molecule has 0 spiro atoms. The average Bonchev–Trinajstić information content (AvgIpc) is 2.19. The van der Waals surface area contributed by atoms with E-state index in [1.807, 2.05) is 6.07 Å². The summed E-state index contributed by atoms with van der Waals surface area (Å²) in [5.74, 6) is -0.0696. The van der Waals surface area contributed by atoms with Crippen LogP contribution in [0.2, 0.25) is 0 Å². The van der Waals surface area contributed by atoms with Gasteiger partial charge in [0.15, 0.2) is 5.78 Å². The molecule has 0 atom stereocenters. The molecule has 96 valence electrons. The smallest absolute Gasteiger partial charge is 0.156 e. The van der Waals surface area contributed by atoms with Crippen LogP contribution < -0.4 is 0 Å². The lowest BCUT2D eigenvalue weighted by molar-refractivity contribution is -0.117. The molecular weight excluding hydrogens is 295 g/mol. The summed E-state index contributed by atoms with van der Waals surface area (Å²) in [5.41, 5.74) is 1.67. The van der Waals surface area contributed by atoms with Crippen molar-refractivity contribution < 1.29 is 9.18 Å². The maximum atomic E-state index is 13.8.